The monoisotopic (exact) mass is 432 g/mol. The summed E-state index contributed by atoms with van der Waals surface area (Å²) in [6, 6.07) is 8.84. The summed E-state index contributed by atoms with van der Waals surface area (Å²) >= 11 is 0. The molecule has 0 aliphatic carbocycles. The van der Waals surface area contributed by atoms with Crippen LogP contribution < -0.4 is 0 Å². The zero-order valence-corrected chi connectivity index (χ0v) is 19.3. The molecule has 0 aromatic heterocycles. The first-order valence-corrected chi connectivity index (χ1v) is 12.0. The molecular weight excluding hydrogens is 392 g/mol. The molecule has 0 bridgehead atoms. The Morgan fingerprint density at radius 2 is 1.61 bits per heavy atom. The van der Waals surface area contributed by atoms with Crippen LogP contribution in [0.4, 0.5) is 4.79 Å². The molecule has 1 saturated heterocycles. The number of hydrogen-bond donors (Lipinski definition) is 1. The van der Waals surface area contributed by atoms with Crippen LogP contribution in [0.2, 0.25) is 0 Å². The molecule has 1 aliphatic rings. The molecule has 1 aromatic carbocycles. The minimum absolute atomic E-state index is 0.0544. The number of amides is 2. The SMILES string of the molecule is CCCCCCN(CCCCCC)C(=O)[C@@H]1CC(O)CN1C(=O)OCc1ccccc1. The van der Waals surface area contributed by atoms with Gasteiger partial charge in [0.1, 0.15) is 12.6 Å². The highest BCUT2D eigenvalue weighted by Gasteiger charge is 2.41. The number of likely N-dealkylation sites (tertiary alicyclic amines) is 1. The number of rotatable bonds is 13. The summed E-state index contributed by atoms with van der Waals surface area (Å²) in [7, 11) is 0. The Morgan fingerprint density at radius 1 is 1.00 bits per heavy atom. The third-order valence-corrected chi connectivity index (χ3v) is 5.88. The molecule has 31 heavy (non-hydrogen) atoms. The molecule has 2 rings (SSSR count). The quantitative estimate of drug-likeness (QED) is 0.457. The number of ether oxygens (including phenoxy) is 1. The Labute approximate surface area is 187 Å². The first kappa shape index (κ1) is 25.2. The molecule has 174 valence electrons. The van der Waals surface area contributed by atoms with E-state index in [9.17, 15) is 14.7 Å². The number of aliphatic hydroxyl groups excluding tert-OH is 1. The van der Waals surface area contributed by atoms with Crippen molar-refractivity contribution in [2.24, 2.45) is 0 Å². The number of carbonyl (C=O) groups excluding carboxylic acids is 2. The van der Waals surface area contributed by atoms with Crippen LogP contribution in [0.15, 0.2) is 30.3 Å². The maximum absolute atomic E-state index is 13.4. The van der Waals surface area contributed by atoms with Crippen molar-refractivity contribution in [1.82, 2.24) is 9.80 Å². The van der Waals surface area contributed by atoms with Crippen molar-refractivity contribution in [3.05, 3.63) is 35.9 Å². The van der Waals surface area contributed by atoms with Gasteiger partial charge in [-0.2, -0.15) is 0 Å². The second kappa shape index (κ2) is 14.1. The zero-order valence-electron chi connectivity index (χ0n) is 19.3. The van der Waals surface area contributed by atoms with Gasteiger partial charge in [0.15, 0.2) is 0 Å². The fraction of sp³-hybridized carbons (Fsp3) is 0.680. The van der Waals surface area contributed by atoms with Crippen molar-refractivity contribution in [3.8, 4) is 0 Å². The lowest BCUT2D eigenvalue weighted by molar-refractivity contribution is -0.135. The van der Waals surface area contributed by atoms with Gasteiger partial charge in [-0.05, 0) is 18.4 Å². The van der Waals surface area contributed by atoms with Crippen LogP contribution in [-0.4, -0.2) is 58.7 Å². The van der Waals surface area contributed by atoms with E-state index in [2.05, 4.69) is 13.8 Å². The smallest absolute Gasteiger partial charge is 0.410 e. The molecule has 6 nitrogen and oxygen atoms in total. The van der Waals surface area contributed by atoms with Crippen LogP contribution in [0.5, 0.6) is 0 Å². The van der Waals surface area contributed by atoms with Gasteiger partial charge in [-0.25, -0.2) is 4.79 Å². The summed E-state index contributed by atoms with van der Waals surface area (Å²) in [6.45, 7) is 6.07. The van der Waals surface area contributed by atoms with Crippen molar-refractivity contribution < 1.29 is 19.4 Å². The minimum Gasteiger partial charge on any atom is -0.445 e. The average molecular weight is 433 g/mol. The lowest BCUT2D eigenvalue weighted by atomic mass is 10.1. The van der Waals surface area contributed by atoms with E-state index in [4.69, 9.17) is 4.74 Å². The van der Waals surface area contributed by atoms with Crippen molar-refractivity contribution in [2.45, 2.75) is 90.4 Å². The van der Waals surface area contributed by atoms with Crippen LogP contribution in [0.3, 0.4) is 0 Å². The number of aliphatic hydroxyl groups is 1. The molecule has 1 aliphatic heterocycles. The van der Waals surface area contributed by atoms with Crippen LogP contribution >= 0.6 is 0 Å². The second-order valence-corrected chi connectivity index (χ2v) is 8.54. The van der Waals surface area contributed by atoms with Crippen LogP contribution in [0, 0.1) is 0 Å². The molecule has 0 saturated carbocycles. The number of hydrogen-bond acceptors (Lipinski definition) is 4. The lowest BCUT2D eigenvalue weighted by Gasteiger charge is -2.30. The van der Waals surface area contributed by atoms with Gasteiger partial charge in [0.2, 0.25) is 5.91 Å². The Balaban J connectivity index is 1.98. The third kappa shape index (κ3) is 8.52. The van der Waals surface area contributed by atoms with E-state index >= 15 is 0 Å². The van der Waals surface area contributed by atoms with E-state index in [-0.39, 0.29) is 25.5 Å². The van der Waals surface area contributed by atoms with Crippen molar-refractivity contribution in [3.63, 3.8) is 0 Å². The van der Waals surface area contributed by atoms with Crippen LogP contribution in [0.25, 0.3) is 0 Å². The molecule has 0 spiro atoms. The van der Waals surface area contributed by atoms with E-state index in [1.165, 1.54) is 4.90 Å². The number of benzene rings is 1. The highest BCUT2D eigenvalue weighted by Crippen LogP contribution is 2.22. The van der Waals surface area contributed by atoms with Crippen molar-refractivity contribution in [2.75, 3.05) is 19.6 Å². The predicted molar refractivity (Wildman–Crippen MR) is 123 cm³/mol. The van der Waals surface area contributed by atoms with E-state index in [0.29, 0.717) is 13.1 Å². The van der Waals surface area contributed by atoms with E-state index < -0.39 is 18.2 Å². The molecule has 1 heterocycles. The molecule has 1 unspecified atom stereocenters. The summed E-state index contributed by atoms with van der Waals surface area (Å²) in [5.74, 6) is -0.0544. The topological polar surface area (TPSA) is 70.1 Å². The van der Waals surface area contributed by atoms with E-state index in [0.717, 1.165) is 56.9 Å². The fourth-order valence-electron chi connectivity index (χ4n) is 4.05. The maximum atomic E-state index is 13.4. The Kier molecular flexibility index (Phi) is 11.4. The molecule has 1 N–H and O–H groups in total. The number of carbonyl (C=O) groups is 2. The fourth-order valence-corrected chi connectivity index (χ4v) is 4.05. The highest BCUT2D eigenvalue weighted by molar-refractivity contribution is 5.86. The van der Waals surface area contributed by atoms with E-state index in [1.54, 1.807) is 0 Å². The van der Waals surface area contributed by atoms with Gasteiger partial charge in [0.05, 0.1) is 12.6 Å². The van der Waals surface area contributed by atoms with Crippen molar-refractivity contribution >= 4 is 12.0 Å². The normalized spacial score (nSPS) is 18.2. The Hall–Kier alpha value is -2.08. The van der Waals surface area contributed by atoms with Crippen LogP contribution in [0.1, 0.15) is 77.2 Å². The molecule has 2 amide bonds. The molecule has 0 radical (unpaired) electrons. The Bertz CT molecular complexity index is 640. The second-order valence-electron chi connectivity index (χ2n) is 8.54. The molecule has 1 aromatic rings. The minimum atomic E-state index is -0.694. The molecule has 1 fully saturated rings. The van der Waals surface area contributed by atoms with Crippen LogP contribution in [-0.2, 0) is 16.1 Å². The summed E-state index contributed by atoms with van der Waals surface area (Å²) in [5, 5.41) is 10.2. The summed E-state index contributed by atoms with van der Waals surface area (Å²) in [6.07, 6.45) is 7.84. The number of nitrogens with zero attached hydrogens (tertiary/aromatic N) is 2. The van der Waals surface area contributed by atoms with Gasteiger partial charge in [-0.15, -0.1) is 0 Å². The number of β-amino-alcohol motifs (C(OH)–C–C–N with tert-alkyl or cyclic N) is 1. The maximum Gasteiger partial charge on any atom is 0.410 e. The predicted octanol–water partition coefficient (Wildman–Crippen LogP) is 4.75. The van der Waals surface area contributed by atoms with Gasteiger partial charge in [0.25, 0.3) is 0 Å². The first-order valence-electron chi connectivity index (χ1n) is 12.0. The summed E-state index contributed by atoms with van der Waals surface area (Å²) < 4.78 is 5.45. The number of unbranched alkanes of at least 4 members (excludes halogenated alkanes) is 6. The Morgan fingerprint density at radius 3 is 2.19 bits per heavy atom. The first-order chi connectivity index (χ1) is 15.1. The van der Waals surface area contributed by atoms with E-state index in [1.807, 2.05) is 35.2 Å². The molecule has 2 atom stereocenters. The van der Waals surface area contributed by atoms with Gasteiger partial charge >= 0.3 is 6.09 Å². The largest absolute Gasteiger partial charge is 0.445 e. The zero-order chi connectivity index (χ0) is 22.5. The average Bonchev–Trinajstić information content (AvgIpc) is 3.18. The standard InChI is InChI=1S/C25H40N2O4/c1-3-5-7-12-16-26(17-13-8-6-4-2)24(29)23-18-22(28)19-27(23)25(30)31-20-21-14-10-9-11-15-21/h9-11,14-15,22-23,28H,3-8,12-13,16-20H2,1-2H3/t22?,23-/m0/s1. The van der Waals surface area contributed by atoms with Gasteiger partial charge < -0.3 is 14.7 Å². The molecular formula is C25H40N2O4. The summed E-state index contributed by atoms with van der Waals surface area (Å²) in [4.78, 5) is 29.4. The summed E-state index contributed by atoms with van der Waals surface area (Å²) in [5.41, 5.74) is 0.895. The highest BCUT2D eigenvalue weighted by atomic mass is 16.6. The lowest BCUT2D eigenvalue weighted by Crippen LogP contribution is -2.48. The van der Waals surface area contributed by atoms with Crippen molar-refractivity contribution in [1.29, 1.82) is 0 Å². The third-order valence-electron chi connectivity index (χ3n) is 5.88. The van der Waals surface area contributed by atoms with Gasteiger partial charge in [-0.1, -0.05) is 82.7 Å². The van der Waals surface area contributed by atoms with Gasteiger partial charge in [0, 0.05) is 19.5 Å². The van der Waals surface area contributed by atoms with Gasteiger partial charge in [-0.3, -0.25) is 9.69 Å². The molecule has 6 heteroatoms.